The van der Waals surface area contributed by atoms with Crippen molar-refractivity contribution in [1.29, 1.82) is 0 Å². The van der Waals surface area contributed by atoms with Crippen molar-refractivity contribution in [2.75, 3.05) is 26.2 Å². The maximum atomic E-state index is 12.6. The van der Waals surface area contributed by atoms with Gasteiger partial charge in [0.05, 0.1) is 10.9 Å². The van der Waals surface area contributed by atoms with E-state index < -0.39 is 0 Å². The quantitative estimate of drug-likeness (QED) is 0.348. The summed E-state index contributed by atoms with van der Waals surface area (Å²) in [6.45, 7) is 4.84. The smallest absolute Gasteiger partial charge is 0.227 e. The number of rotatable bonds is 8. The Morgan fingerprint density at radius 1 is 1.05 bits per heavy atom. The van der Waals surface area contributed by atoms with Crippen LogP contribution in [-0.4, -0.2) is 49.1 Å². The first kappa shape index (κ1) is 26.3. The average molecular weight is 587 g/mol. The second-order valence-corrected chi connectivity index (χ2v) is 11.2. The molecular formula is C29H33BrClN3O3. The lowest BCUT2D eigenvalue weighted by Gasteiger charge is -2.32. The number of hydrogen-bond donors (Lipinski definition) is 2. The molecule has 6 nitrogen and oxygen atoms in total. The summed E-state index contributed by atoms with van der Waals surface area (Å²) in [5, 5.41) is 7.25. The van der Waals surface area contributed by atoms with E-state index in [0.29, 0.717) is 10.8 Å². The Balaban J connectivity index is 1.05. The second kappa shape index (κ2) is 12.5. The van der Waals surface area contributed by atoms with Gasteiger partial charge in [0.25, 0.3) is 0 Å². The molecule has 37 heavy (non-hydrogen) atoms. The number of hydrogen-bond acceptors (Lipinski definition) is 5. The normalized spacial score (nSPS) is 17.6. The molecule has 0 atom stereocenters. The summed E-state index contributed by atoms with van der Waals surface area (Å²) in [5.41, 5.74) is 2.21. The second-order valence-electron chi connectivity index (χ2n) is 9.90. The fourth-order valence-corrected chi connectivity index (χ4v) is 5.65. The van der Waals surface area contributed by atoms with Crippen molar-refractivity contribution >= 4 is 33.4 Å². The Bertz CT molecular complexity index is 1190. The minimum absolute atomic E-state index is 0.00345. The average Bonchev–Trinajstić information content (AvgIpc) is 3.36. The molecule has 2 aromatic carbocycles. The lowest BCUT2D eigenvalue weighted by atomic mass is 10.0. The monoisotopic (exact) mass is 585 g/mol. The molecule has 0 spiro atoms. The van der Waals surface area contributed by atoms with E-state index in [4.69, 9.17) is 20.8 Å². The van der Waals surface area contributed by atoms with Crippen LogP contribution in [0.25, 0.3) is 11.3 Å². The molecule has 3 aromatic rings. The van der Waals surface area contributed by atoms with Gasteiger partial charge in [-0.05, 0) is 109 Å². The number of furan rings is 1. The van der Waals surface area contributed by atoms with Crippen LogP contribution in [0.2, 0.25) is 5.02 Å². The number of halogens is 2. The Kier molecular flexibility index (Phi) is 8.87. The van der Waals surface area contributed by atoms with Gasteiger partial charge in [-0.25, -0.2) is 0 Å². The van der Waals surface area contributed by atoms with E-state index in [2.05, 4.69) is 49.7 Å². The van der Waals surface area contributed by atoms with Crippen LogP contribution in [-0.2, 0) is 17.8 Å². The summed E-state index contributed by atoms with van der Waals surface area (Å²) in [6, 6.07) is 17.9. The van der Waals surface area contributed by atoms with Gasteiger partial charge >= 0.3 is 0 Å². The molecule has 2 fully saturated rings. The molecular weight excluding hydrogens is 554 g/mol. The largest absolute Gasteiger partial charge is 0.489 e. The SMILES string of the molecule is O=C(Cc1ccc(-c2ccc(Cl)cc2)o1)NC1CCN(Cc2ccc(OC3CCNCC3)c(Br)c2)CC1. The van der Waals surface area contributed by atoms with Crippen molar-refractivity contribution in [2.45, 2.75) is 50.8 Å². The molecule has 0 bridgehead atoms. The summed E-state index contributed by atoms with van der Waals surface area (Å²) in [7, 11) is 0. The van der Waals surface area contributed by atoms with Crippen LogP contribution in [0.1, 0.15) is 37.0 Å². The zero-order valence-electron chi connectivity index (χ0n) is 20.8. The molecule has 2 aliphatic heterocycles. The first-order chi connectivity index (χ1) is 18.0. The number of carbonyl (C=O) groups excluding carboxylic acids is 1. The van der Waals surface area contributed by atoms with Crippen molar-refractivity contribution in [1.82, 2.24) is 15.5 Å². The molecule has 0 saturated carbocycles. The molecule has 0 unspecified atom stereocenters. The number of piperidine rings is 2. The number of carbonyl (C=O) groups is 1. The molecule has 8 heteroatoms. The summed E-state index contributed by atoms with van der Waals surface area (Å²) in [5.74, 6) is 2.33. The highest BCUT2D eigenvalue weighted by molar-refractivity contribution is 9.10. The van der Waals surface area contributed by atoms with Crippen LogP contribution in [0.4, 0.5) is 0 Å². The van der Waals surface area contributed by atoms with Crippen LogP contribution in [0.5, 0.6) is 5.75 Å². The van der Waals surface area contributed by atoms with Crippen LogP contribution in [0.15, 0.2) is 63.5 Å². The molecule has 196 valence electrons. The number of nitrogens with one attached hydrogen (secondary N) is 2. The Morgan fingerprint density at radius 2 is 1.81 bits per heavy atom. The van der Waals surface area contributed by atoms with Crippen molar-refractivity contribution in [3.8, 4) is 17.1 Å². The molecule has 2 aliphatic rings. The molecule has 0 radical (unpaired) electrons. The molecule has 2 N–H and O–H groups in total. The first-order valence-electron chi connectivity index (χ1n) is 13.0. The third-order valence-corrected chi connectivity index (χ3v) is 7.93. The molecule has 3 heterocycles. The van der Waals surface area contributed by atoms with E-state index in [1.165, 1.54) is 5.56 Å². The highest BCUT2D eigenvalue weighted by Gasteiger charge is 2.22. The maximum absolute atomic E-state index is 12.6. The standard InChI is InChI=1S/C29H33BrClN3O3/c30-26-17-20(1-7-28(26)36-24-9-13-32-14-10-24)19-34-15-11-23(12-16-34)33-29(35)18-25-6-8-27(37-25)21-2-4-22(31)5-3-21/h1-8,17,23-24,32H,9-16,18-19H2,(H,33,35). The Labute approximate surface area is 231 Å². The fraction of sp³-hybridized carbons (Fsp3) is 0.414. The third kappa shape index (κ3) is 7.38. The van der Waals surface area contributed by atoms with Crippen molar-refractivity contribution in [2.24, 2.45) is 0 Å². The van der Waals surface area contributed by atoms with Gasteiger partial charge in [-0.1, -0.05) is 17.7 Å². The predicted octanol–water partition coefficient (Wildman–Crippen LogP) is 5.82. The van der Waals surface area contributed by atoms with E-state index in [1.54, 1.807) is 0 Å². The summed E-state index contributed by atoms with van der Waals surface area (Å²) in [4.78, 5) is 15.1. The molecule has 2 saturated heterocycles. The highest BCUT2D eigenvalue weighted by Crippen LogP contribution is 2.29. The van der Waals surface area contributed by atoms with Gasteiger partial charge in [0.15, 0.2) is 0 Å². The van der Waals surface area contributed by atoms with E-state index >= 15 is 0 Å². The lowest BCUT2D eigenvalue weighted by molar-refractivity contribution is -0.121. The number of likely N-dealkylation sites (tertiary alicyclic amines) is 1. The zero-order chi connectivity index (χ0) is 25.6. The summed E-state index contributed by atoms with van der Waals surface area (Å²) >= 11 is 9.66. The van der Waals surface area contributed by atoms with E-state index in [-0.39, 0.29) is 24.5 Å². The third-order valence-electron chi connectivity index (χ3n) is 7.06. The lowest BCUT2D eigenvalue weighted by Crippen LogP contribution is -2.44. The number of nitrogens with zero attached hydrogens (tertiary/aromatic N) is 1. The minimum Gasteiger partial charge on any atom is -0.489 e. The van der Waals surface area contributed by atoms with Crippen molar-refractivity contribution in [3.63, 3.8) is 0 Å². The first-order valence-corrected chi connectivity index (χ1v) is 14.2. The van der Waals surface area contributed by atoms with Crippen LogP contribution in [0.3, 0.4) is 0 Å². The Hall–Kier alpha value is -2.32. The minimum atomic E-state index is 0.00345. The highest BCUT2D eigenvalue weighted by atomic mass is 79.9. The number of ether oxygens (including phenoxy) is 1. The molecule has 0 aliphatic carbocycles. The fourth-order valence-electron chi connectivity index (χ4n) is 5.00. The summed E-state index contributed by atoms with van der Waals surface area (Å²) < 4.78 is 13.1. The predicted molar refractivity (Wildman–Crippen MR) is 150 cm³/mol. The van der Waals surface area contributed by atoms with Crippen LogP contribution >= 0.6 is 27.5 Å². The van der Waals surface area contributed by atoms with Gasteiger partial charge in [-0.2, -0.15) is 0 Å². The van der Waals surface area contributed by atoms with E-state index in [9.17, 15) is 4.79 Å². The van der Waals surface area contributed by atoms with Gasteiger partial charge in [0.2, 0.25) is 5.91 Å². The van der Waals surface area contributed by atoms with Gasteiger partial charge in [-0.3, -0.25) is 9.69 Å². The molecule has 1 aromatic heterocycles. The van der Waals surface area contributed by atoms with E-state index in [1.807, 2.05) is 36.4 Å². The topological polar surface area (TPSA) is 66.7 Å². The van der Waals surface area contributed by atoms with Gasteiger partial charge in [0, 0.05) is 36.3 Å². The van der Waals surface area contributed by atoms with Crippen LogP contribution < -0.4 is 15.4 Å². The van der Waals surface area contributed by atoms with Gasteiger partial charge < -0.3 is 19.8 Å². The van der Waals surface area contributed by atoms with Gasteiger partial charge in [0.1, 0.15) is 23.4 Å². The molecule has 5 rings (SSSR count). The van der Waals surface area contributed by atoms with Crippen LogP contribution in [0, 0.1) is 0 Å². The molecule has 1 amide bonds. The van der Waals surface area contributed by atoms with Gasteiger partial charge in [-0.15, -0.1) is 0 Å². The van der Waals surface area contributed by atoms with E-state index in [0.717, 1.165) is 80.0 Å². The summed E-state index contributed by atoms with van der Waals surface area (Å²) in [6.07, 6.45) is 4.51. The van der Waals surface area contributed by atoms with Crippen molar-refractivity contribution in [3.05, 3.63) is 75.4 Å². The zero-order valence-corrected chi connectivity index (χ0v) is 23.2. The Morgan fingerprint density at radius 3 is 2.54 bits per heavy atom. The maximum Gasteiger partial charge on any atom is 0.227 e. The number of amides is 1. The van der Waals surface area contributed by atoms with Crippen molar-refractivity contribution < 1.29 is 13.9 Å². The number of benzene rings is 2.